The van der Waals surface area contributed by atoms with Crippen molar-refractivity contribution < 1.29 is 14.7 Å². The molecule has 6 heteroatoms. The van der Waals surface area contributed by atoms with Gasteiger partial charge in [-0.3, -0.25) is 9.59 Å². The number of aromatic hydroxyl groups is 1. The van der Waals surface area contributed by atoms with E-state index in [4.69, 9.17) is 0 Å². The highest BCUT2D eigenvalue weighted by Crippen LogP contribution is 2.21. The summed E-state index contributed by atoms with van der Waals surface area (Å²) >= 11 is 0. The smallest absolute Gasteiger partial charge is 0.227 e. The minimum atomic E-state index is -0.0675. The van der Waals surface area contributed by atoms with Crippen LogP contribution in [0.3, 0.4) is 0 Å². The fourth-order valence-electron chi connectivity index (χ4n) is 2.57. The first kappa shape index (κ1) is 16.3. The highest BCUT2D eigenvalue weighted by Gasteiger charge is 2.27. The van der Waals surface area contributed by atoms with E-state index in [-0.39, 0.29) is 23.5 Å². The van der Waals surface area contributed by atoms with Crippen molar-refractivity contribution in [3.63, 3.8) is 0 Å². The van der Waals surface area contributed by atoms with Crippen LogP contribution in [-0.4, -0.2) is 48.5 Å². The van der Waals surface area contributed by atoms with Crippen molar-refractivity contribution in [3.8, 4) is 5.75 Å². The fraction of sp³-hybridized carbons (Fsp3) is 0.500. The Morgan fingerprint density at radius 3 is 2.45 bits per heavy atom. The van der Waals surface area contributed by atoms with E-state index in [1.54, 1.807) is 24.3 Å². The van der Waals surface area contributed by atoms with Gasteiger partial charge < -0.3 is 20.6 Å². The van der Waals surface area contributed by atoms with Gasteiger partial charge in [0.25, 0.3) is 0 Å². The van der Waals surface area contributed by atoms with E-state index in [2.05, 4.69) is 10.6 Å². The lowest BCUT2D eigenvalue weighted by Gasteiger charge is -2.31. The molecule has 1 saturated heterocycles. The lowest BCUT2D eigenvalue weighted by Crippen LogP contribution is -2.42. The molecule has 3 N–H and O–H groups in total. The molecule has 6 nitrogen and oxygen atoms in total. The number of nitrogens with zero attached hydrogens (tertiary/aromatic N) is 1. The van der Waals surface area contributed by atoms with Gasteiger partial charge in [-0.05, 0) is 44.2 Å². The van der Waals surface area contributed by atoms with Gasteiger partial charge in [0, 0.05) is 37.7 Å². The van der Waals surface area contributed by atoms with Crippen molar-refractivity contribution in [3.05, 3.63) is 24.3 Å². The average Bonchev–Trinajstić information content (AvgIpc) is 2.55. The van der Waals surface area contributed by atoms with Crippen molar-refractivity contribution in [1.82, 2.24) is 10.2 Å². The number of carbonyl (C=O) groups is 2. The first-order valence-electron chi connectivity index (χ1n) is 7.62. The molecular formula is C16H23N3O3. The summed E-state index contributed by atoms with van der Waals surface area (Å²) in [7, 11) is 1.83. The van der Waals surface area contributed by atoms with E-state index in [1.807, 2.05) is 11.9 Å². The second-order valence-electron chi connectivity index (χ2n) is 5.54. The van der Waals surface area contributed by atoms with Crippen molar-refractivity contribution in [1.29, 1.82) is 0 Å². The zero-order valence-electron chi connectivity index (χ0n) is 12.8. The molecule has 120 valence electrons. The summed E-state index contributed by atoms with van der Waals surface area (Å²) < 4.78 is 0. The number of likely N-dealkylation sites (tertiary alicyclic amines) is 1. The van der Waals surface area contributed by atoms with Gasteiger partial charge >= 0.3 is 0 Å². The molecule has 2 rings (SSSR count). The van der Waals surface area contributed by atoms with E-state index in [1.165, 1.54) is 0 Å². The van der Waals surface area contributed by atoms with E-state index in [0.717, 1.165) is 0 Å². The first-order chi connectivity index (χ1) is 10.6. The average molecular weight is 305 g/mol. The summed E-state index contributed by atoms with van der Waals surface area (Å²) in [4.78, 5) is 26.0. The Kier molecular flexibility index (Phi) is 5.77. The monoisotopic (exact) mass is 305 g/mol. The third-order valence-electron chi connectivity index (χ3n) is 3.94. The van der Waals surface area contributed by atoms with Gasteiger partial charge in [0.15, 0.2) is 0 Å². The highest BCUT2D eigenvalue weighted by atomic mass is 16.3. The topological polar surface area (TPSA) is 81.7 Å². The van der Waals surface area contributed by atoms with E-state index < -0.39 is 0 Å². The summed E-state index contributed by atoms with van der Waals surface area (Å²) in [6.45, 7) is 1.95. The Hall–Kier alpha value is -2.08. The molecule has 0 unspecified atom stereocenters. The van der Waals surface area contributed by atoms with E-state index in [0.29, 0.717) is 44.6 Å². The Balaban J connectivity index is 1.79. The number of rotatable bonds is 5. The molecule has 0 aromatic heterocycles. The molecule has 0 atom stereocenters. The number of phenols is 1. The molecule has 0 saturated carbocycles. The van der Waals surface area contributed by atoms with Crippen molar-refractivity contribution in [2.24, 2.45) is 5.92 Å². The predicted octanol–water partition coefficient (Wildman–Crippen LogP) is 1.18. The van der Waals surface area contributed by atoms with Crippen LogP contribution >= 0.6 is 0 Å². The second-order valence-corrected chi connectivity index (χ2v) is 5.54. The molecule has 1 aliphatic heterocycles. The Morgan fingerprint density at radius 1 is 1.23 bits per heavy atom. The third kappa shape index (κ3) is 4.46. The number of carbonyl (C=O) groups excluding carboxylic acids is 2. The summed E-state index contributed by atoms with van der Waals surface area (Å²) in [5, 5.41) is 15.0. The maximum atomic E-state index is 12.2. The number of hydrogen-bond donors (Lipinski definition) is 3. The number of benzene rings is 1. The number of hydrogen-bond acceptors (Lipinski definition) is 4. The molecular weight excluding hydrogens is 282 g/mol. The maximum absolute atomic E-state index is 12.2. The number of amides is 2. The quantitative estimate of drug-likeness (QED) is 0.714. The van der Waals surface area contributed by atoms with Gasteiger partial charge in [-0.15, -0.1) is 0 Å². The van der Waals surface area contributed by atoms with Gasteiger partial charge in [-0.2, -0.15) is 0 Å². The molecule has 1 aromatic rings. The Morgan fingerprint density at radius 2 is 1.86 bits per heavy atom. The molecule has 0 radical (unpaired) electrons. The SMILES string of the molecule is CNCCC(=O)N1CCC(C(=O)Nc2ccc(O)cc2)CC1. The standard InChI is InChI=1S/C16H23N3O3/c1-17-9-6-15(21)19-10-7-12(8-11-19)16(22)18-13-2-4-14(20)5-3-13/h2-5,12,17,20H,6-11H2,1H3,(H,18,22). The molecule has 1 aromatic carbocycles. The second kappa shape index (κ2) is 7.79. The van der Waals surface area contributed by atoms with Crippen LogP contribution in [0.25, 0.3) is 0 Å². The van der Waals surface area contributed by atoms with Crippen LogP contribution < -0.4 is 10.6 Å². The minimum absolute atomic E-state index is 0.0204. The van der Waals surface area contributed by atoms with Gasteiger partial charge in [0.1, 0.15) is 5.75 Å². The number of nitrogens with one attached hydrogen (secondary N) is 2. The van der Waals surface area contributed by atoms with Crippen LogP contribution in [0.15, 0.2) is 24.3 Å². The van der Waals surface area contributed by atoms with Gasteiger partial charge in [0.2, 0.25) is 11.8 Å². The van der Waals surface area contributed by atoms with Crippen molar-refractivity contribution in [2.45, 2.75) is 19.3 Å². The zero-order chi connectivity index (χ0) is 15.9. The molecule has 1 aliphatic rings. The maximum Gasteiger partial charge on any atom is 0.227 e. The summed E-state index contributed by atoms with van der Waals surface area (Å²) in [6.07, 6.45) is 1.88. The first-order valence-corrected chi connectivity index (χ1v) is 7.62. The number of phenolic OH excluding ortho intramolecular Hbond substituents is 1. The van der Waals surface area contributed by atoms with Crippen LogP contribution in [-0.2, 0) is 9.59 Å². The summed E-state index contributed by atoms with van der Waals surface area (Å²) in [5.41, 5.74) is 0.676. The van der Waals surface area contributed by atoms with Crippen molar-refractivity contribution >= 4 is 17.5 Å². The molecule has 1 heterocycles. The Labute approximate surface area is 130 Å². The van der Waals surface area contributed by atoms with Crippen molar-refractivity contribution in [2.75, 3.05) is 32.0 Å². The summed E-state index contributed by atoms with van der Waals surface area (Å²) in [6, 6.07) is 6.42. The normalized spacial score (nSPS) is 15.6. The number of piperidine rings is 1. The lowest BCUT2D eigenvalue weighted by molar-refractivity contribution is -0.134. The Bertz CT molecular complexity index is 508. The zero-order valence-corrected chi connectivity index (χ0v) is 12.8. The minimum Gasteiger partial charge on any atom is -0.508 e. The lowest BCUT2D eigenvalue weighted by atomic mass is 9.95. The summed E-state index contributed by atoms with van der Waals surface area (Å²) in [5.74, 6) is 0.230. The molecule has 0 aliphatic carbocycles. The molecule has 0 bridgehead atoms. The fourth-order valence-corrected chi connectivity index (χ4v) is 2.57. The highest BCUT2D eigenvalue weighted by molar-refractivity contribution is 5.92. The third-order valence-corrected chi connectivity index (χ3v) is 3.94. The molecule has 0 spiro atoms. The number of anilines is 1. The van der Waals surface area contributed by atoms with Gasteiger partial charge in [0.05, 0.1) is 0 Å². The largest absolute Gasteiger partial charge is 0.508 e. The van der Waals surface area contributed by atoms with Gasteiger partial charge in [-0.25, -0.2) is 0 Å². The predicted molar refractivity (Wildman–Crippen MR) is 84.6 cm³/mol. The van der Waals surface area contributed by atoms with Crippen LogP contribution in [0.4, 0.5) is 5.69 Å². The van der Waals surface area contributed by atoms with Gasteiger partial charge in [-0.1, -0.05) is 0 Å². The molecule has 22 heavy (non-hydrogen) atoms. The van der Waals surface area contributed by atoms with Crippen LogP contribution in [0.2, 0.25) is 0 Å². The molecule has 1 fully saturated rings. The molecule has 2 amide bonds. The van der Waals surface area contributed by atoms with E-state index in [9.17, 15) is 14.7 Å². The van der Waals surface area contributed by atoms with Crippen LogP contribution in [0.1, 0.15) is 19.3 Å². The van der Waals surface area contributed by atoms with Crippen LogP contribution in [0, 0.1) is 5.92 Å². The van der Waals surface area contributed by atoms with Crippen LogP contribution in [0.5, 0.6) is 5.75 Å². The van der Waals surface area contributed by atoms with E-state index >= 15 is 0 Å².